The maximum absolute atomic E-state index is 12.8. The van der Waals surface area contributed by atoms with Crippen molar-refractivity contribution in [2.45, 2.75) is 27.2 Å². The van der Waals surface area contributed by atoms with Crippen molar-refractivity contribution in [1.82, 2.24) is 20.1 Å². The number of hydrogen-bond acceptors (Lipinski definition) is 4. The van der Waals surface area contributed by atoms with Crippen LogP contribution in [0.4, 0.5) is 4.79 Å². The standard InChI is InChI=1S/C19H26N4O4/c1-19(2,3)12-20-17(25)23-8-4-7-22(9-10-23)16(24)13-5-6-15-14(11-13)21-18(26)27-15/h5-6,11H,4,7-10,12H2,1-3H3,(H,20,25)(H,21,26). The molecule has 1 aromatic carbocycles. The third kappa shape index (κ3) is 4.69. The van der Waals surface area contributed by atoms with Gasteiger partial charge >= 0.3 is 11.8 Å². The summed E-state index contributed by atoms with van der Waals surface area (Å²) in [4.78, 5) is 42.5. The second kappa shape index (κ2) is 7.46. The number of carbonyl (C=O) groups excluding carboxylic acids is 2. The molecule has 2 N–H and O–H groups in total. The van der Waals surface area contributed by atoms with Crippen LogP contribution < -0.4 is 11.1 Å². The van der Waals surface area contributed by atoms with Crippen LogP contribution in [-0.4, -0.2) is 59.4 Å². The first-order valence-corrected chi connectivity index (χ1v) is 9.18. The fourth-order valence-electron chi connectivity index (χ4n) is 3.04. The molecule has 8 nitrogen and oxygen atoms in total. The summed E-state index contributed by atoms with van der Waals surface area (Å²) >= 11 is 0. The summed E-state index contributed by atoms with van der Waals surface area (Å²) in [7, 11) is 0. The predicted molar refractivity (Wildman–Crippen MR) is 102 cm³/mol. The monoisotopic (exact) mass is 374 g/mol. The van der Waals surface area contributed by atoms with Crippen molar-refractivity contribution in [2.75, 3.05) is 32.7 Å². The molecule has 1 saturated heterocycles. The van der Waals surface area contributed by atoms with Gasteiger partial charge in [0.25, 0.3) is 5.91 Å². The smallest absolute Gasteiger partial charge is 0.408 e. The molecule has 0 spiro atoms. The van der Waals surface area contributed by atoms with E-state index in [1.165, 1.54) is 0 Å². The van der Waals surface area contributed by atoms with Crippen molar-refractivity contribution in [2.24, 2.45) is 5.41 Å². The minimum Gasteiger partial charge on any atom is -0.408 e. The zero-order valence-electron chi connectivity index (χ0n) is 16.0. The van der Waals surface area contributed by atoms with Gasteiger partial charge in [-0.15, -0.1) is 0 Å². The highest BCUT2D eigenvalue weighted by molar-refractivity contribution is 5.97. The van der Waals surface area contributed by atoms with E-state index in [4.69, 9.17) is 4.42 Å². The fourth-order valence-corrected chi connectivity index (χ4v) is 3.04. The molecule has 0 atom stereocenters. The lowest BCUT2D eigenvalue weighted by molar-refractivity contribution is 0.0762. The molecule has 1 fully saturated rings. The second-order valence-corrected chi connectivity index (χ2v) is 8.08. The first kappa shape index (κ1) is 19.0. The second-order valence-electron chi connectivity index (χ2n) is 8.08. The minimum atomic E-state index is -0.540. The van der Waals surface area contributed by atoms with Crippen LogP contribution in [-0.2, 0) is 0 Å². The van der Waals surface area contributed by atoms with Gasteiger partial charge in [-0.2, -0.15) is 0 Å². The van der Waals surface area contributed by atoms with Gasteiger partial charge in [0.15, 0.2) is 5.58 Å². The Morgan fingerprint density at radius 3 is 2.59 bits per heavy atom. The molecule has 0 radical (unpaired) electrons. The number of amides is 3. The summed E-state index contributed by atoms with van der Waals surface area (Å²) in [5.74, 6) is -0.655. The Hall–Kier alpha value is -2.77. The van der Waals surface area contributed by atoms with Gasteiger partial charge in [-0.3, -0.25) is 9.78 Å². The van der Waals surface area contributed by atoms with E-state index in [-0.39, 0.29) is 17.4 Å². The molecule has 8 heteroatoms. The van der Waals surface area contributed by atoms with Crippen LogP contribution in [0.15, 0.2) is 27.4 Å². The number of aromatic amines is 1. The summed E-state index contributed by atoms with van der Waals surface area (Å²) in [5, 5.41) is 2.96. The molecular weight excluding hydrogens is 348 g/mol. The molecular formula is C19H26N4O4. The number of oxazole rings is 1. The number of fused-ring (bicyclic) bond motifs is 1. The van der Waals surface area contributed by atoms with Crippen molar-refractivity contribution in [3.63, 3.8) is 0 Å². The van der Waals surface area contributed by atoms with Crippen molar-refractivity contribution in [1.29, 1.82) is 0 Å². The van der Waals surface area contributed by atoms with Crippen molar-refractivity contribution in [3.8, 4) is 0 Å². The number of nitrogens with zero attached hydrogens (tertiary/aromatic N) is 2. The average molecular weight is 374 g/mol. The van der Waals surface area contributed by atoms with Crippen LogP contribution in [0.5, 0.6) is 0 Å². The summed E-state index contributed by atoms with van der Waals surface area (Å²) < 4.78 is 4.97. The van der Waals surface area contributed by atoms with E-state index in [9.17, 15) is 14.4 Å². The zero-order chi connectivity index (χ0) is 19.6. The molecule has 2 heterocycles. The Balaban J connectivity index is 1.63. The van der Waals surface area contributed by atoms with Crippen LogP contribution in [0.25, 0.3) is 11.1 Å². The molecule has 0 bridgehead atoms. The van der Waals surface area contributed by atoms with Gasteiger partial charge in [0, 0.05) is 38.3 Å². The van der Waals surface area contributed by atoms with E-state index < -0.39 is 5.76 Å². The van der Waals surface area contributed by atoms with E-state index in [1.807, 2.05) is 0 Å². The molecule has 3 rings (SSSR count). The Bertz CT molecular complexity index is 893. The minimum absolute atomic E-state index is 0.0240. The number of H-pyrrole nitrogens is 1. The Labute approximate surface area is 157 Å². The van der Waals surface area contributed by atoms with Crippen LogP contribution in [0.3, 0.4) is 0 Å². The molecule has 2 aromatic rings. The molecule has 1 aromatic heterocycles. The highest BCUT2D eigenvalue weighted by atomic mass is 16.4. The molecule has 0 aliphatic carbocycles. The lowest BCUT2D eigenvalue weighted by Gasteiger charge is -2.25. The lowest BCUT2D eigenvalue weighted by Crippen LogP contribution is -2.44. The highest BCUT2D eigenvalue weighted by Crippen LogP contribution is 2.16. The molecule has 146 valence electrons. The molecule has 27 heavy (non-hydrogen) atoms. The van der Waals surface area contributed by atoms with Gasteiger partial charge in [-0.25, -0.2) is 9.59 Å². The van der Waals surface area contributed by atoms with Crippen LogP contribution in [0.2, 0.25) is 0 Å². The largest absolute Gasteiger partial charge is 0.417 e. The maximum atomic E-state index is 12.8. The number of aromatic nitrogens is 1. The number of hydrogen-bond donors (Lipinski definition) is 2. The van der Waals surface area contributed by atoms with Gasteiger partial charge in [-0.1, -0.05) is 20.8 Å². The van der Waals surface area contributed by atoms with Gasteiger partial charge < -0.3 is 19.5 Å². The number of urea groups is 1. The first-order valence-electron chi connectivity index (χ1n) is 9.18. The summed E-state index contributed by atoms with van der Waals surface area (Å²) in [6.45, 7) is 8.98. The number of nitrogens with one attached hydrogen (secondary N) is 2. The lowest BCUT2D eigenvalue weighted by atomic mass is 9.97. The van der Waals surface area contributed by atoms with E-state index >= 15 is 0 Å². The molecule has 0 unspecified atom stereocenters. The van der Waals surface area contributed by atoms with E-state index in [0.717, 1.165) is 6.42 Å². The van der Waals surface area contributed by atoms with Crippen molar-refractivity contribution >= 4 is 23.0 Å². The predicted octanol–water partition coefficient (Wildman–Crippen LogP) is 2.02. The van der Waals surface area contributed by atoms with Gasteiger partial charge in [0.2, 0.25) is 0 Å². The van der Waals surface area contributed by atoms with Crippen LogP contribution in [0.1, 0.15) is 37.6 Å². The number of benzene rings is 1. The van der Waals surface area contributed by atoms with Gasteiger partial charge in [0.05, 0.1) is 5.52 Å². The molecule has 0 saturated carbocycles. The van der Waals surface area contributed by atoms with Gasteiger partial charge in [-0.05, 0) is 30.0 Å². The Morgan fingerprint density at radius 2 is 1.85 bits per heavy atom. The first-order chi connectivity index (χ1) is 12.7. The molecule has 1 aliphatic heterocycles. The highest BCUT2D eigenvalue weighted by Gasteiger charge is 2.24. The van der Waals surface area contributed by atoms with Crippen molar-refractivity contribution < 1.29 is 14.0 Å². The quantitative estimate of drug-likeness (QED) is 0.840. The normalized spacial score (nSPS) is 15.7. The van der Waals surface area contributed by atoms with Gasteiger partial charge in [0.1, 0.15) is 0 Å². The number of rotatable bonds is 2. The average Bonchev–Trinajstić information content (AvgIpc) is 2.81. The molecule has 1 aliphatic rings. The third-order valence-electron chi connectivity index (χ3n) is 4.51. The zero-order valence-corrected chi connectivity index (χ0v) is 16.0. The third-order valence-corrected chi connectivity index (χ3v) is 4.51. The SMILES string of the molecule is CC(C)(C)CNC(=O)N1CCCN(C(=O)c2ccc3oc(=O)[nH]c3c2)CC1. The molecule has 3 amide bonds. The van der Waals surface area contributed by atoms with Crippen LogP contribution in [0, 0.1) is 5.41 Å². The topological polar surface area (TPSA) is 98.7 Å². The van der Waals surface area contributed by atoms with E-state index in [0.29, 0.717) is 49.4 Å². The van der Waals surface area contributed by atoms with Crippen LogP contribution >= 0.6 is 0 Å². The summed E-state index contributed by atoms with van der Waals surface area (Å²) in [5.41, 5.74) is 1.44. The van der Waals surface area contributed by atoms with E-state index in [2.05, 4.69) is 31.1 Å². The number of carbonyl (C=O) groups is 2. The maximum Gasteiger partial charge on any atom is 0.417 e. The van der Waals surface area contributed by atoms with Crippen molar-refractivity contribution in [3.05, 3.63) is 34.3 Å². The Morgan fingerprint density at radius 1 is 1.15 bits per heavy atom. The summed E-state index contributed by atoms with van der Waals surface area (Å²) in [6, 6.07) is 4.81. The fraction of sp³-hybridized carbons (Fsp3) is 0.526. The summed E-state index contributed by atoms with van der Waals surface area (Å²) in [6.07, 6.45) is 0.722. The van der Waals surface area contributed by atoms with E-state index in [1.54, 1.807) is 28.0 Å². The Kier molecular flexibility index (Phi) is 5.25.